The van der Waals surface area contributed by atoms with Gasteiger partial charge in [0.25, 0.3) is 5.91 Å². The number of benzene rings is 2. The molecule has 2 rings (SSSR count). The van der Waals surface area contributed by atoms with Gasteiger partial charge in [0.05, 0.1) is 33.9 Å². The Balaban J connectivity index is 2.03. The van der Waals surface area contributed by atoms with Gasteiger partial charge in [-0.2, -0.15) is 0 Å². The maximum atomic E-state index is 12.3. The van der Waals surface area contributed by atoms with Gasteiger partial charge in [-0.05, 0) is 49.7 Å². The van der Waals surface area contributed by atoms with Crippen LogP contribution in [0.25, 0.3) is 0 Å². The minimum Gasteiger partial charge on any atom is -0.493 e. The number of carbonyl (C=O) groups is 2. The Morgan fingerprint density at radius 3 is 2.10 bits per heavy atom. The molecule has 9 heteroatoms. The maximum Gasteiger partial charge on any atom is 0.269 e. The van der Waals surface area contributed by atoms with Gasteiger partial charge in [-0.1, -0.05) is 15.9 Å². The first-order valence-electron chi connectivity index (χ1n) is 9.32. The molecule has 0 saturated heterocycles. The molecule has 0 bridgehead atoms. The van der Waals surface area contributed by atoms with Crippen LogP contribution in [0.15, 0.2) is 34.8 Å². The molecule has 162 valence electrons. The highest BCUT2D eigenvalue weighted by molar-refractivity contribution is 9.10. The van der Waals surface area contributed by atoms with E-state index in [1.165, 1.54) is 20.3 Å². The number of methoxy groups -OCH3 is 2. The number of nitrogens with one attached hydrogen (secondary N) is 2. The Hall–Kier alpha value is -2.94. The fourth-order valence-electron chi connectivity index (χ4n) is 2.64. The highest BCUT2D eigenvalue weighted by atomic mass is 79.9. The molecule has 2 aromatic carbocycles. The Labute approximate surface area is 183 Å². The lowest BCUT2D eigenvalue weighted by molar-refractivity contribution is -0.121. The van der Waals surface area contributed by atoms with Gasteiger partial charge in [0.2, 0.25) is 5.91 Å². The van der Waals surface area contributed by atoms with Crippen molar-refractivity contribution in [2.45, 2.75) is 20.3 Å². The van der Waals surface area contributed by atoms with E-state index in [1.807, 2.05) is 13.8 Å². The first-order valence-corrected chi connectivity index (χ1v) is 10.1. The summed E-state index contributed by atoms with van der Waals surface area (Å²) in [6.45, 7) is 4.71. The first kappa shape index (κ1) is 23.3. The van der Waals surface area contributed by atoms with Crippen LogP contribution in [0.3, 0.4) is 0 Å². The fraction of sp³-hybridized carbons (Fsp3) is 0.333. The Morgan fingerprint density at radius 2 is 1.50 bits per heavy atom. The van der Waals surface area contributed by atoms with E-state index in [2.05, 4.69) is 26.8 Å². The topological polar surface area (TPSA) is 95.1 Å². The molecule has 8 nitrogen and oxygen atoms in total. The van der Waals surface area contributed by atoms with E-state index in [-0.39, 0.29) is 6.42 Å². The van der Waals surface area contributed by atoms with Crippen molar-refractivity contribution in [1.82, 2.24) is 10.9 Å². The van der Waals surface area contributed by atoms with Crippen LogP contribution < -0.4 is 29.8 Å². The van der Waals surface area contributed by atoms with Crippen LogP contribution in [0.2, 0.25) is 0 Å². The standard InChI is InChI=1S/C21H25BrN2O6/c1-5-29-18-10-14(15(22)12-19(18)30-6-2)11-20(25)23-24-21(26)13-7-8-16(27-3)17(9-13)28-4/h7-10,12H,5-6,11H2,1-4H3,(H,23,25)(H,24,26). The van der Waals surface area contributed by atoms with Crippen molar-refractivity contribution in [3.05, 3.63) is 45.9 Å². The van der Waals surface area contributed by atoms with E-state index in [9.17, 15) is 9.59 Å². The van der Waals surface area contributed by atoms with Gasteiger partial charge >= 0.3 is 0 Å². The van der Waals surface area contributed by atoms with Crippen molar-refractivity contribution in [2.24, 2.45) is 0 Å². The molecule has 0 unspecified atom stereocenters. The van der Waals surface area contributed by atoms with Crippen LogP contribution in [0.1, 0.15) is 29.8 Å². The monoisotopic (exact) mass is 480 g/mol. The van der Waals surface area contributed by atoms with Gasteiger partial charge in [0.1, 0.15) is 0 Å². The summed E-state index contributed by atoms with van der Waals surface area (Å²) in [4.78, 5) is 24.7. The zero-order chi connectivity index (χ0) is 22.1. The van der Waals surface area contributed by atoms with E-state index in [0.29, 0.717) is 51.8 Å². The van der Waals surface area contributed by atoms with Crippen molar-refractivity contribution < 1.29 is 28.5 Å². The SMILES string of the molecule is CCOc1cc(Br)c(CC(=O)NNC(=O)c2ccc(OC)c(OC)c2)cc1OCC. The number of halogens is 1. The molecule has 0 atom stereocenters. The summed E-state index contributed by atoms with van der Waals surface area (Å²) in [7, 11) is 2.99. The third kappa shape index (κ3) is 6.03. The predicted molar refractivity (Wildman–Crippen MR) is 115 cm³/mol. The fourth-order valence-corrected chi connectivity index (χ4v) is 3.11. The van der Waals surface area contributed by atoms with Gasteiger partial charge in [-0.3, -0.25) is 20.4 Å². The smallest absolute Gasteiger partial charge is 0.269 e. The van der Waals surface area contributed by atoms with Crippen molar-refractivity contribution in [3.63, 3.8) is 0 Å². The van der Waals surface area contributed by atoms with Crippen molar-refractivity contribution in [3.8, 4) is 23.0 Å². The number of ether oxygens (including phenoxy) is 4. The van der Waals surface area contributed by atoms with E-state index in [1.54, 1.807) is 24.3 Å². The second-order valence-corrected chi connectivity index (χ2v) is 6.86. The Kier molecular flexibility index (Phi) is 8.79. The molecular formula is C21H25BrN2O6. The molecule has 0 saturated carbocycles. The van der Waals surface area contributed by atoms with E-state index in [0.717, 1.165) is 0 Å². The third-order valence-corrected chi connectivity index (χ3v) is 4.76. The number of hydrogen-bond acceptors (Lipinski definition) is 6. The van der Waals surface area contributed by atoms with Crippen LogP contribution >= 0.6 is 15.9 Å². The normalized spacial score (nSPS) is 10.2. The molecule has 2 amide bonds. The zero-order valence-electron chi connectivity index (χ0n) is 17.3. The van der Waals surface area contributed by atoms with Crippen LogP contribution in [0.5, 0.6) is 23.0 Å². The zero-order valence-corrected chi connectivity index (χ0v) is 18.9. The van der Waals surface area contributed by atoms with E-state index >= 15 is 0 Å². The minimum atomic E-state index is -0.481. The lowest BCUT2D eigenvalue weighted by atomic mass is 10.1. The number of rotatable bonds is 9. The highest BCUT2D eigenvalue weighted by Crippen LogP contribution is 2.34. The quantitative estimate of drug-likeness (QED) is 0.534. The molecule has 0 aliphatic heterocycles. The summed E-state index contributed by atoms with van der Waals surface area (Å²) < 4.78 is 22.2. The molecule has 30 heavy (non-hydrogen) atoms. The lowest BCUT2D eigenvalue weighted by Gasteiger charge is -2.14. The van der Waals surface area contributed by atoms with Gasteiger partial charge in [-0.25, -0.2) is 0 Å². The summed E-state index contributed by atoms with van der Waals surface area (Å²) in [6, 6.07) is 8.22. The summed E-state index contributed by atoms with van der Waals surface area (Å²) >= 11 is 3.45. The lowest BCUT2D eigenvalue weighted by Crippen LogP contribution is -2.42. The van der Waals surface area contributed by atoms with Gasteiger partial charge < -0.3 is 18.9 Å². The van der Waals surface area contributed by atoms with Crippen LogP contribution in [0, 0.1) is 0 Å². The van der Waals surface area contributed by atoms with Crippen LogP contribution in [-0.2, 0) is 11.2 Å². The number of hydrogen-bond donors (Lipinski definition) is 2. The molecule has 2 aromatic rings. The molecule has 0 spiro atoms. The first-order chi connectivity index (χ1) is 14.4. The molecule has 0 heterocycles. The largest absolute Gasteiger partial charge is 0.493 e. The molecule has 2 N–H and O–H groups in total. The second-order valence-electron chi connectivity index (χ2n) is 6.01. The molecule has 0 radical (unpaired) electrons. The predicted octanol–water partition coefficient (Wildman–Crippen LogP) is 3.27. The molecular weight excluding hydrogens is 456 g/mol. The van der Waals surface area contributed by atoms with Crippen molar-refractivity contribution >= 4 is 27.7 Å². The van der Waals surface area contributed by atoms with Crippen molar-refractivity contribution in [1.29, 1.82) is 0 Å². The van der Waals surface area contributed by atoms with Crippen LogP contribution in [-0.4, -0.2) is 39.2 Å². The van der Waals surface area contributed by atoms with Gasteiger partial charge in [0.15, 0.2) is 23.0 Å². The average molecular weight is 481 g/mol. The summed E-state index contributed by atoms with van der Waals surface area (Å²) in [6.07, 6.45) is 0.0271. The number of carbonyl (C=O) groups excluding carboxylic acids is 2. The summed E-state index contributed by atoms with van der Waals surface area (Å²) in [5, 5.41) is 0. The van der Waals surface area contributed by atoms with E-state index < -0.39 is 11.8 Å². The van der Waals surface area contributed by atoms with Gasteiger partial charge in [-0.15, -0.1) is 0 Å². The molecule has 0 aromatic heterocycles. The number of amides is 2. The van der Waals surface area contributed by atoms with Crippen LogP contribution in [0.4, 0.5) is 0 Å². The average Bonchev–Trinajstić information content (AvgIpc) is 2.74. The second kappa shape index (κ2) is 11.3. The van der Waals surface area contributed by atoms with Gasteiger partial charge in [0, 0.05) is 10.0 Å². The summed E-state index contributed by atoms with van der Waals surface area (Å²) in [5.41, 5.74) is 5.81. The minimum absolute atomic E-state index is 0.0271. The summed E-state index contributed by atoms with van der Waals surface area (Å²) in [5.74, 6) is 1.19. The Morgan fingerprint density at radius 1 is 0.867 bits per heavy atom. The number of hydrazine groups is 1. The van der Waals surface area contributed by atoms with Crippen molar-refractivity contribution in [2.75, 3.05) is 27.4 Å². The molecule has 0 fully saturated rings. The highest BCUT2D eigenvalue weighted by Gasteiger charge is 2.15. The molecule has 0 aliphatic rings. The van der Waals surface area contributed by atoms with E-state index in [4.69, 9.17) is 18.9 Å². The Bertz CT molecular complexity index is 903. The maximum absolute atomic E-state index is 12.3. The third-order valence-electron chi connectivity index (χ3n) is 4.02. The molecule has 0 aliphatic carbocycles.